The number of alkyl halides is 4. The highest BCUT2D eigenvalue weighted by Crippen LogP contribution is 2.34. The van der Waals surface area contributed by atoms with Crippen molar-refractivity contribution in [2.24, 2.45) is 5.92 Å². The third-order valence-corrected chi connectivity index (χ3v) is 5.84. The van der Waals surface area contributed by atoms with Crippen LogP contribution < -0.4 is 0 Å². The summed E-state index contributed by atoms with van der Waals surface area (Å²) in [5, 5.41) is 0. The number of rotatable bonds is 4. The highest BCUT2D eigenvalue weighted by molar-refractivity contribution is 9.10. The van der Waals surface area contributed by atoms with Crippen molar-refractivity contribution >= 4 is 37.4 Å². The standard InChI is InChI=1S/C11H11BrClF3O2S/c1-7(5-13)6-19(17,18)10-3-2-8(4-9(10)12)11(14,15)16/h2-4,7H,5-6H2,1H3. The summed E-state index contributed by atoms with van der Waals surface area (Å²) in [5.74, 6) is -0.321. The molecule has 0 bridgehead atoms. The van der Waals surface area contributed by atoms with Crippen molar-refractivity contribution in [3.05, 3.63) is 28.2 Å². The molecule has 2 nitrogen and oxygen atoms in total. The fourth-order valence-corrected chi connectivity index (χ4v) is 4.47. The van der Waals surface area contributed by atoms with Gasteiger partial charge in [0.05, 0.1) is 16.2 Å². The van der Waals surface area contributed by atoms with Crippen molar-refractivity contribution in [1.29, 1.82) is 0 Å². The average molecular weight is 380 g/mol. The molecule has 0 spiro atoms. The van der Waals surface area contributed by atoms with Crippen LogP contribution in [-0.2, 0) is 16.0 Å². The maximum atomic E-state index is 12.5. The SMILES string of the molecule is CC(CCl)CS(=O)(=O)c1ccc(C(F)(F)F)cc1Br. The molecule has 8 heteroatoms. The lowest BCUT2D eigenvalue weighted by Gasteiger charge is -2.12. The summed E-state index contributed by atoms with van der Waals surface area (Å²) in [6, 6.07) is 2.48. The van der Waals surface area contributed by atoms with Gasteiger partial charge in [0.2, 0.25) is 0 Å². The van der Waals surface area contributed by atoms with E-state index in [0.29, 0.717) is 0 Å². The molecule has 1 unspecified atom stereocenters. The quantitative estimate of drug-likeness (QED) is 0.738. The molecule has 1 aromatic carbocycles. The van der Waals surface area contributed by atoms with Crippen molar-refractivity contribution in [2.45, 2.75) is 18.0 Å². The number of hydrogen-bond acceptors (Lipinski definition) is 2. The van der Waals surface area contributed by atoms with E-state index in [-0.39, 0.29) is 26.9 Å². The van der Waals surface area contributed by atoms with E-state index in [2.05, 4.69) is 15.9 Å². The summed E-state index contributed by atoms with van der Waals surface area (Å²) in [4.78, 5) is -0.155. The Bertz CT molecular complexity index is 558. The molecule has 0 fully saturated rings. The molecule has 0 aliphatic heterocycles. The zero-order chi connectivity index (χ0) is 14.8. The summed E-state index contributed by atoms with van der Waals surface area (Å²) >= 11 is 8.42. The van der Waals surface area contributed by atoms with E-state index >= 15 is 0 Å². The minimum absolute atomic E-state index is 0.0934. The van der Waals surface area contributed by atoms with Gasteiger partial charge in [-0.25, -0.2) is 8.42 Å². The topological polar surface area (TPSA) is 34.1 Å². The van der Waals surface area contributed by atoms with Crippen molar-refractivity contribution in [1.82, 2.24) is 0 Å². The number of hydrogen-bond donors (Lipinski definition) is 0. The molecule has 0 radical (unpaired) electrons. The molecular formula is C11H11BrClF3O2S. The summed E-state index contributed by atoms with van der Waals surface area (Å²) in [6.07, 6.45) is -4.51. The van der Waals surface area contributed by atoms with Gasteiger partial charge in [0.25, 0.3) is 0 Å². The van der Waals surface area contributed by atoms with Crippen molar-refractivity contribution < 1.29 is 21.6 Å². The van der Waals surface area contributed by atoms with Gasteiger partial charge in [-0.3, -0.25) is 0 Å². The monoisotopic (exact) mass is 378 g/mol. The maximum absolute atomic E-state index is 12.5. The summed E-state index contributed by atoms with van der Waals surface area (Å²) in [7, 11) is -3.66. The smallest absolute Gasteiger partial charge is 0.224 e. The first-order valence-electron chi connectivity index (χ1n) is 5.23. The van der Waals surface area contributed by atoms with Gasteiger partial charge in [-0.15, -0.1) is 11.6 Å². The Kier molecular flexibility index (Phi) is 5.31. The number of benzene rings is 1. The van der Waals surface area contributed by atoms with Crippen LogP contribution in [0.25, 0.3) is 0 Å². The van der Waals surface area contributed by atoms with E-state index in [0.717, 1.165) is 18.2 Å². The van der Waals surface area contributed by atoms with E-state index in [4.69, 9.17) is 11.6 Å². The van der Waals surface area contributed by atoms with Crippen LogP contribution in [-0.4, -0.2) is 20.1 Å². The largest absolute Gasteiger partial charge is 0.416 e. The Labute approximate surface area is 123 Å². The van der Waals surface area contributed by atoms with Crippen molar-refractivity contribution in [3.63, 3.8) is 0 Å². The highest BCUT2D eigenvalue weighted by Gasteiger charge is 2.32. The van der Waals surface area contributed by atoms with Gasteiger partial charge in [-0.1, -0.05) is 6.92 Å². The van der Waals surface area contributed by atoms with Crippen LogP contribution in [0.15, 0.2) is 27.6 Å². The first-order valence-corrected chi connectivity index (χ1v) is 8.21. The van der Waals surface area contributed by atoms with E-state index in [9.17, 15) is 21.6 Å². The van der Waals surface area contributed by atoms with Gasteiger partial charge >= 0.3 is 6.18 Å². The Balaban J connectivity index is 3.16. The molecule has 0 aliphatic rings. The molecule has 0 N–H and O–H groups in total. The lowest BCUT2D eigenvalue weighted by Crippen LogP contribution is -2.16. The minimum atomic E-state index is -4.51. The van der Waals surface area contributed by atoms with Crippen LogP contribution in [0.4, 0.5) is 13.2 Å². The number of sulfone groups is 1. The van der Waals surface area contributed by atoms with Gasteiger partial charge in [0.1, 0.15) is 0 Å². The van der Waals surface area contributed by atoms with Crippen molar-refractivity contribution in [2.75, 3.05) is 11.6 Å². The second kappa shape index (κ2) is 6.01. The van der Waals surface area contributed by atoms with Crippen LogP contribution in [0, 0.1) is 5.92 Å². The molecule has 1 rings (SSSR count). The Morgan fingerprint density at radius 2 is 1.95 bits per heavy atom. The second-order valence-electron chi connectivity index (χ2n) is 4.18. The lowest BCUT2D eigenvalue weighted by molar-refractivity contribution is -0.137. The predicted molar refractivity (Wildman–Crippen MR) is 71.1 cm³/mol. The summed E-state index contributed by atoms with van der Waals surface area (Å²) < 4.78 is 61.4. The Morgan fingerprint density at radius 3 is 2.37 bits per heavy atom. The molecule has 108 valence electrons. The normalized spacial score (nSPS) is 14.4. The number of halogens is 5. The van der Waals surface area contributed by atoms with Crippen LogP contribution in [0.5, 0.6) is 0 Å². The van der Waals surface area contributed by atoms with Crippen LogP contribution in [0.1, 0.15) is 12.5 Å². The van der Waals surface area contributed by atoms with Crippen LogP contribution in [0.3, 0.4) is 0 Å². The van der Waals surface area contributed by atoms with E-state index < -0.39 is 21.6 Å². The van der Waals surface area contributed by atoms with Gasteiger partial charge in [-0.05, 0) is 40.0 Å². The third kappa shape index (κ3) is 4.36. The van der Waals surface area contributed by atoms with Gasteiger partial charge < -0.3 is 0 Å². The highest BCUT2D eigenvalue weighted by atomic mass is 79.9. The lowest BCUT2D eigenvalue weighted by atomic mass is 10.2. The first kappa shape index (κ1) is 16.8. The molecule has 0 saturated carbocycles. The van der Waals surface area contributed by atoms with Crippen LogP contribution in [0.2, 0.25) is 0 Å². The molecular weight excluding hydrogens is 369 g/mol. The molecule has 0 aliphatic carbocycles. The fraction of sp³-hybridized carbons (Fsp3) is 0.455. The predicted octanol–water partition coefficient (Wildman–Crippen LogP) is 4.12. The molecule has 0 saturated heterocycles. The van der Waals surface area contributed by atoms with Gasteiger partial charge in [0.15, 0.2) is 9.84 Å². The van der Waals surface area contributed by atoms with Gasteiger partial charge in [-0.2, -0.15) is 13.2 Å². The Morgan fingerprint density at radius 1 is 1.37 bits per heavy atom. The molecule has 19 heavy (non-hydrogen) atoms. The summed E-state index contributed by atoms with van der Waals surface area (Å²) in [6.45, 7) is 1.66. The molecule has 0 aromatic heterocycles. The third-order valence-electron chi connectivity index (χ3n) is 2.36. The molecule has 1 aromatic rings. The van der Waals surface area contributed by atoms with Gasteiger partial charge in [0, 0.05) is 10.4 Å². The van der Waals surface area contributed by atoms with E-state index in [1.807, 2.05) is 0 Å². The summed E-state index contributed by atoms with van der Waals surface area (Å²) in [5.41, 5.74) is -0.899. The Hall–Kier alpha value is -0.270. The maximum Gasteiger partial charge on any atom is 0.416 e. The second-order valence-corrected chi connectivity index (χ2v) is 7.35. The fourth-order valence-electron chi connectivity index (χ4n) is 1.44. The van der Waals surface area contributed by atoms with Crippen molar-refractivity contribution in [3.8, 4) is 0 Å². The van der Waals surface area contributed by atoms with Crippen LogP contribution >= 0.6 is 27.5 Å². The zero-order valence-corrected chi connectivity index (χ0v) is 13.0. The van der Waals surface area contributed by atoms with E-state index in [1.54, 1.807) is 6.92 Å². The molecule has 1 atom stereocenters. The first-order chi connectivity index (χ1) is 8.58. The molecule has 0 amide bonds. The molecule has 0 heterocycles. The zero-order valence-electron chi connectivity index (χ0n) is 9.84. The van der Waals surface area contributed by atoms with E-state index in [1.165, 1.54) is 0 Å². The minimum Gasteiger partial charge on any atom is -0.224 e. The average Bonchev–Trinajstić information content (AvgIpc) is 2.26.